The molecule has 1 aromatic heterocycles. The fourth-order valence-electron chi connectivity index (χ4n) is 2.51. The summed E-state index contributed by atoms with van der Waals surface area (Å²) in [5, 5.41) is 0.0832. The number of alkyl halides is 1. The van der Waals surface area contributed by atoms with Crippen LogP contribution in [0.1, 0.15) is 21.4 Å². The Morgan fingerprint density at radius 2 is 1.71 bits per heavy atom. The van der Waals surface area contributed by atoms with Crippen LogP contribution in [0, 0.1) is 5.92 Å². The van der Waals surface area contributed by atoms with Crippen LogP contribution in [0.3, 0.4) is 0 Å². The zero-order valence-corrected chi connectivity index (χ0v) is 11.5. The fourth-order valence-corrected chi connectivity index (χ4v) is 4.03. The SMILES string of the molecule is Clc1ccc(C(Cl)C2Cc3ccccc3C2)s1. The molecule has 1 atom stereocenters. The van der Waals surface area contributed by atoms with Gasteiger partial charge >= 0.3 is 0 Å². The molecule has 88 valence electrons. The Balaban J connectivity index is 1.80. The lowest BCUT2D eigenvalue weighted by Crippen LogP contribution is -2.06. The topological polar surface area (TPSA) is 0 Å². The lowest BCUT2D eigenvalue weighted by molar-refractivity contribution is 0.546. The predicted octanol–water partition coefficient (Wildman–Crippen LogP) is 5.10. The van der Waals surface area contributed by atoms with Gasteiger partial charge in [0.15, 0.2) is 0 Å². The molecule has 0 bridgehead atoms. The van der Waals surface area contributed by atoms with Gasteiger partial charge in [0, 0.05) is 4.88 Å². The average molecular weight is 283 g/mol. The molecule has 0 amide bonds. The molecule has 1 aromatic carbocycles. The number of hydrogen-bond acceptors (Lipinski definition) is 1. The van der Waals surface area contributed by atoms with Crippen molar-refractivity contribution in [2.24, 2.45) is 5.92 Å². The van der Waals surface area contributed by atoms with Gasteiger partial charge in [-0.15, -0.1) is 22.9 Å². The number of rotatable bonds is 2. The molecule has 1 unspecified atom stereocenters. The lowest BCUT2D eigenvalue weighted by Gasteiger charge is -2.14. The zero-order valence-electron chi connectivity index (χ0n) is 9.20. The third-order valence-corrected chi connectivity index (χ3v) is 5.40. The molecule has 0 saturated heterocycles. The molecule has 1 aliphatic carbocycles. The van der Waals surface area contributed by atoms with Gasteiger partial charge in [0.25, 0.3) is 0 Å². The monoisotopic (exact) mass is 282 g/mol. The quantitative estimate of drug-likeness (QED) is 0.673. The highest BCUT2D eigenvalue weighted by Gasteiger charge is 2.28. The molecule has 0 fully saturated rings. The van der Waals surface area contributed by atoms with Gasteiger partial charge in [-0.1, -0.05) is 35.9 Å². The second-order valence-electron chi connectivity index (χ2n) is 4.48. The third kappa shape index (κ3) is 2.24. The minimum atomic E-state index is 0.0832. The number of thiophene rings is 1. The Morgan fingerprint density at radius 3 is 2.24 bits per heavy atom. The first-order valence-electron chi connectivity index (χ1n) is 5.70. The van der Waals surface area contributed by atoms with E-state index in [1.54, 1.807) is 11.3 Å². The van der Waals surface area contributed by atoms with Crippen LogP contribution < -0.4 is 0 Å². The molecular weight excluding hydrogens is 271 g/mol. The molecule has 1 aliphatic rings. The first-order valence-corrected chi connectivity index (χ1v) is 7.33. The highest BCUT2D eigenvalue weighted by atomic mass is 35.5. The fraction of sp³-hybridized carbons (Fsp3) is 0.286. The third-order valence-electron chi connectivity index (χ3n) is 3.36. The van der Waals surface area contributed by atoms with Gasteiger partial charge in [-0.05, 0) is 42.0 Å². The lowest BCUT2D eigenvalue weighted by atomic mass is 10.0. The largest absolute Gasteiger partial charge is 0.127 e. The summed E-state index contributed by atoms with van der Waals surface area (Å²) in [4.78, 5) is 1.19. The molecule has 0 radical (unpaired) electrons. The van der Waals surface area contributed by atoms with Crippen molar-refractivity contribution in [2.75, 3.05) is 0 Å². The molecule has 2 aromatic rings. The van der Waals surface area contributed by atoms with Gasteiger partial charge in [0.1, 0.15) is 0 Å². The van der Waals surface area contributed by atoms with E-state index in [0.29, 0.717) is 5.92 Å². The van der Waals surface area contributed by atoms with Crippen LogP contribution in [0.15, 0.2) is 36.4 Å². The maximum Gasteiger partial charge on any atom is 0.0931 e. The van der Waals surface area contributed by atoms with Crippen LogP contribution in [-0.2, 0) is 12.8 Å². The summed E-state index contributed by atoms with van der Waals surface area (Å²) in [6, 6.07) is 12.6. The number of benzene rings is 1. The second kappa shape index (κ2) is 4.64. The molecule has 0 nitrogen and oxygen atoms in total. The first-order chi connectivity index (χ1) is 8.24. The van der Waals surface area contributed by atoms with E-state index in [2.05, 4.69) is 24.3 Å². The Hall–Kier alpha value is -0.500. The van der Waals surface area contributed by atoms with Crippen LogP contribution in [0.4, 0.5) is 0 Å². The van der Waals surface area contributed by atoms with Crippen LogP contribution in [0.5, 0.6) is 0 Å². The van der Waals surface area contributed by atoms with Crippen LogP contribution in [0.2, 0.25) is 4.34 Å². The summed E-state index contributed by atoms with van der Waals surface area (Å²) in [7, 11) is 0. The van der Waals surface area contributed by atoms with Crippen molar-refractivity contribution < 1.29 is 0 Å². The summed E-state index contributed by atoms with van der Waals surface area (Å²) in [5.41, 5.74) is 2.90. The number of halogens is 2. The van der Waals surface area contributed by atoms with E-state index in [9.17, 15) is 0 Å². The molecule has 3 heteroatoms. The summed E-state index contributed by atoms with van der Waals surface area (Å²) in [5.74, 6) is 0.504. The molecule has 0 N–H and O–H groups in total. The molecule has 3 rings (SSSR count). The maximum absolute atomic E-state index is 6.57. The van der Waals surface area contributed by atoms with Crippen molar-refractivity contribution in [2.45, 2.75) is 18.2 Å². The number of hydrogen-bond donors (Lipinski definition) is 0. The minimum Gasteiger partial charge on any atom is -0.127 e. The van der Waals surface area contributed by atoms with Gasteiger partial charge < -0.3 is 0 Å². The van der Waals surface area contributed by atoms with Crippen molar-refractivity contribution in [3.8, 4) is 0 Å². The van der Waals surface area contributed by atoms with Crippen molar-refractivity contribution >= 4 is 34.5 Å². The van der Waals surface area contributed by atoms with Crippen molar-refractivity contribution in [3.63, 3.8) is 0 Å². The normalized spacial score (nSPS) is 17.1. The van der Waals surface area contributed by atoms with Crippen LogP contribution >= 0.6 is 34.5 Å². The van der Waals surface area contributed by atoms with Crippen LogP contribution in [0.25, 0.3) is 0 Å². The Labute approximate surface area is 115 Å². The van der Waals surface area contributed by atoms with E-state index < -0.39 is 0 Å². The van der Waals surface area contributed by atoms with Crippen molar-refractivity contribution in [1.82, 2.24) is 0 Å². The Kier molecular flexibility index (Phi) is 3.16. The molecule has 17 heavy (non-hydrogen) atoms. The first kappa shape index (κ1) is 11.6. The van der Waals surface area contributed by atoms with Crippen molar-refractivity contribution in [1.29, 1.82) is 0 Å². The van der Waals surface area contributed by atoms with E-state index in [4.69, 9.17) is 23.2 Å². The van der Waals surface area contributed by atoms with E-state index >= 15 is 0 Å². The molecule has 0 saturated carbocycles. The molecular formula is C14H12Cl2S. The van der Waals surface area contributed by atoms with Crippen LogP contribution in [-0.4, -0.2) is 0 Å². The predicted molar refractivity (Wildman–Crippen MR) is 75.3 cm³/mol. The van der Waals surface area contributed by atoms with Crippen molar-refractivity contribution in [3.05, 3.63) is 56.7 Å². The maximum atomic E-state index is 6.57. The molecule has 0 aliphatic heterocycles. The second-order valence-corrected chi connectivity index (χ2v) is 6.70. The van der Waals surface area contributed by atoms with E-state index in [-0.39, 0.29) is 5.38 Å². The Bertz CT molecular complexity index is 508. The minimum absolute atomic E-state index is 0.0832. The Morgan fingerprint density at radius 1 is 1.06 bits per heavy atom. The zero-order chi connectivity index (χ0) is 11.8. The van der Waals surface area contributed by atoms with E-state index in [0.717, 1.165) is 17.2 Å². The van der Waals surface area contributed by atoms with Gasteiger partial charge in [-0.2, -0.15) is 0 Å². The molecule has 0 spiro atoms. The summed E-state index contributed by atoms with van der Waals surface area (Å²) in [6.45, 7) is 0. The highest BCUT2D eigenvalue weighted by Crippen LogP contribution is 2.42. The highest BCUT2D eigenvalue weighted by molar-refractivity contribution is 7.16. The smallest absolute Gasteiger partial charge is 0.0931 e. The van der Waals surface area contributed by atoms with Gasteiger partial charge in [0.05, 0.1) is 9.71 Å². The van der Waals surface area contributed by atoms with Gasteiger partial charge in [-0.25, -0.2) is 0 Å². The van der Waals surface area contributed by atoms with E-state index in [1.807, 2.05) is 12.1 Å². The standard InChI is InChI=1S/C14H12Cl2S/c15-13-6-5-12(17-13)14(16)11-7-9-3-1-2-4-10(9)8-11/h1-6,11,14H,7-8H2. The van der Waals surface area contributed by atoms with Gasteiger partial charge in [0.2, 0.25) is 0 Å². The number of fused-ring (bicyclic) bond motifs is 1. The summed E-state index contributed by atoms with van der Waals surface area (Å²) < 4.78 is 0.821. The van der Waals surface area contributed by atoms with Gasteiger partial charge in [-0.3, -0.25) is 0 Å². The summed E-state index contributed by atoms with van der Waals surface area (Å²) in [6.07, 6.45) is 2.17. The molecule has 1 heterocycles. The average Bonchev–Trinajstić information content (AvgIpc) is 2.93. The van der Waals surface area contributed by atoms with E-state index in [1.165, 1.54) is 16.0 Å². The summed E-state index contributed by atoms with van der Waals surface area (Å²) >= 11 is 14.1.